The number of allylic oxidation sites excluding steroid dienone is 2. The molecular formula is C17H25N3O. The number of carbonyl (C=O) groups is 1. The molecule has 2 heterocycles. The number of hydrogen-bond donors (Lipinski definition) is 0. The molecule has 4 nitrogen and oxygen atoms in total. The fraction of sp³-hybridized carbons (Fsp3) is 0.647. The zero-order valence-corrected chi connectivity index (χ0v) is 13.2. The Balaban J connectivity index is 1.72. The molecule has 1 aromatic rings. The zero-order chi connectivity index (χ0) is 15.0. The van der Waals surface area contributed by atoms with Crippen LogP contribution in [0.2, 0.25) is 0 Å². The summed E-state index contributed by atoms with van der Waals surface area (Å²) in [7, 11) is 0. The fourth-order valence-corrected chi connectivity index (χ4v) is 3.68. The Bertz CT molecular complexity index is 530. The first-order valence-electron chi connectivity index (χ1n) is 8.04. The predicted octanol–water partition coefficient (Wildman–Crippen LogP) is 2.99. The Morgan fingerprint density at radius 1 is 1.19 bits per heavy atom. The summed E-state index contributed by atoms with van der Waals surface area (Å²) in [5.74, 6) is 2.90. The van der Waals surface area contributed by atoms with Crippen molar-refractivity contribution in [3.63, 3.8) is 0 Å². The Labute approximate surface area is 126 Å². The summed E-state index contributed by atoms with van der Waals surface area (Å²) in [4.78, 5) is 19.3. The van der Waals surface area contributed by atoms with E-state index in [0.29, 0.717) is 17.8 Å². The number of nitrogens with zero attached hydrogens (tertiary/aromatic N) is 3. The van der Waals surface area contributed by atoms with Crippen molar-refractivity contribution < 1.29 is 4.79 Å². The van der Waals surface area contributed by atoms with Gasteiger partial charge in [-0.15, -0.1) is 0 Å². The van der Waals surface area contributed by atoms with Crippen molar-refractivity contribution in [3.8, 4) is 0 Å². The first-order valence-corrected chi connectivity index (χ1v) is 8.04. The summed E-state index contributed by atoms with van der Waals surface area (Å²) in [6.07, 6.45) is 10.5. The van der Waals surface area contributed by atoms with Gasteiger partial charge in [0.15, 0.2) is 0 Å². The largest absolute Gasteiger partial charge is 0.340 e. The van der Waals surface area contributed by atoms with Gasteiger partial charge in [0.2, 0.25) is 5.91 Å². The minimum absolute atomic E-state index is 0.155. The van der Waals surface area contributed by atoms with Crippen LogP contribution in [-0.4, -0.2) is 33.4 Å². The maximum absolute atomic E-state index is 12.8. The first-order chi connectivity index (χ1) is 10.1. The van der Waals surface area contributed by atoms with Crippen LogP contribution in [-0.2, 0) is 4.79 Å². The van der Waals surface area contributed by atoms with Crippen molar-refractivity contribution in [2.45, 2.75) is 45.6 Å². The lowest BCUT2D eigenvalue weighted by Crippen LogP contribution is -2.35. The highest BCUT2D eigenvalue weighted by atomic mass is 16.2. The number of aromatic nitrogens is 2. The van der Waals surface area contributed by atoms with Crippen LogP contribution in [0.15, 0.2) is 24.5 Å². The van der Waals surface area contributed by atoms with Crippen LogP contribution in [0.3, 0.4) is 0 Å². The molecule has 0 spiro atoms. The molecule has 1 saturated heterocycles. The molecule has 0 unspecified atom stereocenters. The third-order valence-electron chi connectivity index (χ3n) is 4.92. The van der Waals surface area contributed by atoms with Crippen LogP contribution in [0, 0.1) is 11.8 Å². The highest BCUT2D eigenvalue weighted by Gasteiger charge is 2.37. The number of carbonyl (C=O) groups excluding carboxylic acids is 1. The summed E-state index contributed by atoms with van der Waals surface area (Å²) in [5, 5.41) is 0. The third-order valence-corrected chi connectivity index (χ3v) is 4.92. The zero-order valence-electron chi connectivity index (χ0n) is 13.2. The second-order valence-electron chi connectivity index (χ2n) is 6.73. The summed E-state index contributed by atoms with van der Waals surface area (Å²) < 4.78 is 2.03. The van der Waals surface area contributed by atoms with Crippen molar-refractivity contribution >= 4 is 5.91 Å². The lowest BCUT2D eigenvalue weighted by Gasteiger charge is -2.23. The molecule has 0 radical (unpaired) electrons. The van der Waals surface area contributed by atoms with Gasteiger partial charge in [0.1, 0.15) is 11.9 Å². The smallest absolute Gasteiger partial charge is 0.245 e. The SMILES string of the molecule is CC(C)c1nccn1[C@H](C)C(=O)N1C[C@H]2CC=CC[C@H]2C1. The molecule has 1 aromatic heterocycles. The van der Waals surface area contributed by atoms with Gasteiger partial charge in [-0.25, -0.2) is 4.98 Å². The van der Waals surface area contributed by atoms with E-state index in [1.807, 2.05) is 17.7 Å². The summed E-state index contributed by atoms with van der Waals surface area (Å²) in [6, 6.07) is -0.155. The third kappa shape index (κ3) is 2.63. The van der Waals surface area contributed by atoms with Crippen LogP contribution in [0.4, 0.5) is 0 Å². The predicted molar refractivity (Wildman–Crippen MR) is 83.0 cm³/mol. The standard InChI is InChI=1S/C17H25N3O/c1-12(2)16-18-8-9-20(16)13(3)17(21)19-10-14-6-4-5-7-15(14)11-19/h4-5,8-9,12-15H,6-7,10-11H2,1-3H3/t13-,14-,15+/m1/s1. The topological polar surface area (TPSA) is 38.1 Å². The van der Waals surface area contributed by atoms with E-state index in [2.05, 4.69) is 35.9 Å². The quantitative estimate of drug-likeness (QED) is 0.802. The van der Waals surface area contributed by atoms with E-state index < -0.39 is 0 Å². The van der Waals surface area contributed by atoms with Gasteiger partial charge in [0.05, 0.1) is 0 Å². The molecule has 2 aliphatic rings. The molecule has 0 aromatic carbocycles. The average molecular weight is 287 g/mol. The lowest BCUT2D eigenvalue weighted by atomic mass is 9.86. The maximum Gasteiger partial charge on any atom is 0.245 e. The monoisotopic (exact) mass is 287 g/mol. The number of amides is 1. The number of likely N-dealkylation sites (tertiary alicyclic amines) is 1. The minimum Gasteiger partial charge on any atom is -0.340 e. The molecule has 21 heavy (non-hydrogen) atoms. The van der Waals surface area contributed by atoms with Crippen LogP contribution in [0.25, 0.3) is 0 Å². The second kappa shape index (κ2) is 5.66. The van der Waals surface area contributed by atoms with Crippen molar-refractivity contribution in [2.24, 2.45) is 11.8 Å². The minimum atomic E-state index is -0.155. The van der Waals surface area contributed by atoms with Gasteiger partial charge in [0, 0.05) is 31.4 Å². The van der Waals surface area contributed by atoms with E-state index in [9.17, 15) is 4.79 Å². The molecular weight excluding hydrogens is 262 g/mol. The van der Waals surface area contributed by atoms with E-state index in [-0.39, 0.29) is 11.9 Å². The Morgan fingerprint density at radius 3 is 2.38 bits per heavy atom. The van der Waals surface area contributed by atoms with Crippen LogP contribution >= 0.6 is 0 Å². The van der Waals surface area contributed by atoms with E-state index in [1.165, 1.54) is 0 Å². The Hall–Kier alpha value is -1.58. The van der Waals surface area contributed by atoms with Gasteiger partial charge in [-0.2, -0.15) is 0 Å². The number of rotatable bonds is 3. The van der Waals surface area contributed by atoms with Crippen LogP contribution in [0.5, 0.6) is 0 Å². The van der Waals surface area contributed by atoms with Crippen molar-refractivity contribution in [3.05, 3.63) is 30.4 Å². The maximum atomic E-state index is 12.8. The summed E-state index contributed by atoms with van der Waals surface area (Å²) in [5.41, 5.74) is 0. The van der Waals surface area contributed by atoms with E-state index >= 15 is 0 Å². The molecule has 0 saturated carbocycles. The highest BCUT2D eigenvalue weighted by molar-refractivity contribution is 5.80. The number of fused-ring (bicyclic) bond motifs is 1. The van der Waals surface area contributed by atoms with Crippen molar-refractivity contribution in [2.75, 3.05) is 13.1 Å². The average Bonchev–Trinajstić information content (AvgIpc) is 3.11. The molecule has 114 valence electrons. The van der Waals surface area contributed by atoms with Gasteiger partial charge < -0.3 is 9.47 Å². The van der Waals surface area contributed by atoms with E-state index in [4.69, 9.17) is 0 Å². The molecule has 4 heteroatoms. The molecule has 1 fully saturated rings. The van der Waals surface area contributed by atoms with E-state index in [0.717, 1.165) is 31.8 Å². The second-order valence-corrected chi connectivity index (χ2v) is 6.73. The number of imidazole rings is 1. The van der Waals surface area contributed by atoms with Gasteiger partial charge in [-0.3, -0.25) is 4.79 Å². The summed E-state index contributed by atoms with van der Waals surface area (Å²) >= 11 is 0. The van der Waals surface area contributed by atoms with Crippen molar-refractivity contribution in [1.82, 2.24) is 14.5 Å². The molecule has 3 atom stereocenters. The number of hydrogen-bond acceptors (Lipinski definition) is 2. The first kappa shape index (κ1) is 14.4. The van der Waals surface area contributed by atoms with Gasteiger partial charge in [0.25, 0.3) is 0 Å². The molecule has 1 amide bonds. The van der Waals surface area contributed by atoms with Gasteiger partial charge in [-0.05, 0) is 31.6 Å². The molecule has 3 rings (SSSR count). The van der Waals surface area contributed by atoms with Crippen LogP contribution < -0.4 is 0 Å². The van der Waals surface area contributed by atoms with Crippen molar-refractivity contribution in [1.29, 1.82) is 0 Å². The highest BCUT2D eigenvalue weighted by Crippen LogP contribution is 2.34. The van der Waals surface area contributed by atoms with Gasteiger partial charge in [-0.1, -0.05) is 26.0 Å². The molecule has 0 N–H and O–H groups in total. The lowest BCUT2D eigenvalue weighted by molar-refractivity contribution is -0.133. The van der Waals surface area contributed by atoms with E-state index in [1.54, 1.807) is 6.20 Å². The Kier molecular flexibility index (Phi) is 3.87. The Morgan fingerprint density at radius 2 is 1.81 bits per heavy atom. The molecule has 1 aliphatic heterocycles. The summed E-state index contributed by atoms with van der Waals surface area (Å²) in [6.45, 7) is 8.07. The normalized spacial score (nSPS) is 26.2. The fourth-order valence-electron chi connectivity index (χ4n) is 3.68. The molecule has 0 bridgehead atoms. The van der Waals surface area contributed by atoms with Gasteiger partial charge >= 0.3 is 0 Å². The molecule has 1 aliphatic carbocycles. The van der Waals surface area contributed by atoms with Crippen LogP contribution in [0.1, 0.15) is 51.4 Å².